The molecular weight excluding hydrogens is 234 g/mol. The quantitative estimate of drug-likeness (QED) is 0.707. The first-order chi connectivity index (χ1) is 8.50. The molecule has 2 amide bonds. The third-order valence-electron chi connectivity index (χ3n) is 3.19. The zero-order valence-corrected chi connectivity index (χ0v) is 11.2. The summed E-state index contributed by atoms with van der Waals surface area (Å²) in [5.74, 6) is -0.783. The molecule has 1 aliphatic heterocycles. The third-order valence-corrected chi connectivity index (χ3v) is 3.19. The molecule has 0 saturated carbocycles. The van der Waals surface area contributed by atoms with Crippen molar-refractivity contribution in [1.29, 1.82) is 0 Å². The van der Waals surface area contributed by atoms with Gasteiger partial charge in [-0.2, -0.15) is 0 Å². The summed E-state index contributed by atoms with van der Waals surface area (Å²) in [5, 5.41) is 11.3. The van der Waals surface area contributed by atoms with Crippen LogP contribution in [-0.2, 0) is 4.79 Å². The molecule has 1 atom stereocenters. The van der Waals surface area contributed by atoms with Crippen LogP contribution in [0.3, 0.4) is 0 Å². The molecule has 6 nitrogen and oxygen atoms in total. The van der Waals surface area contributed by atoms with Gasteiger partial charge in [0.25, 0.3) is 0 Å². The Bertz CT molecular complexity index is 296. The SMILES string of the molecule is CC1CN(C)CCN1C(=O)NCCCCC(=O)O. The van der Waals surface area contributed by atoms with Gasteiger partial charge in [-0.3, -0.25) is 4.79 Å². The number of nitrogens with zero attached hydrogens (tertiary/aromatic N) is 2. The first kappa shape index (κ1) is 14.8. The summed E-state index contributed by atoms with van der Waals surface area (Å²) in [4.78, 5) is 26.3. The summed E-state index contributed by atoms with van der Waals surface area (Å²) in [6.07, 6.45) is 1.48. The summed E-state index contributed by atoms with van der Waals surface area (Å²) in [5.41, 5.74) is 0. The Hall–Kier alpha value is -1.30. The van der Waals surface area contributed by atoms with E-state index in [9.17, 15) is 9.59 Å². The Kier molecular flexibility index (Phi) is 5.91. The highest BCUT2D eigenvalue weighted by atomic mass is 16.4. The number of carbonyl (C=O) groups is 2. The molecule has 0 aliphatic carbocycles. The molecule has 1 aliphatic rings. The molecular formula is C12H23N3O3. The highest BCUT2D eigenvalue weighted by Gasteiger charge is 2.25. The number of aliphatic carboxylic acids is 1. The lowest BCUT2D eigenvalue weighted by molar-refractivity contribution is -0.137. The van der Waals surface area contributed by atoms with Gasteiger partial charge in [0.15, 0.2) is 0 Å². The van der Waals surface area contributed by atoms with E-state index in [1.165, 1.54) is 0 Å². The Morgan fingerprint density at radius 1 is 1.33 bits per heavy atom. The standard InChI is InChI=1S/C12H23N3O3/c1-10-9-14(2)7-8-15(10)12(18)13-6-4-3-5-11(16)17/h10H,3-9H2,1-2H3,(H,13,18)(H,16,17). The van der Waals surface area contributed by atoms with Gasteiger partial charge < -0.3 is 20.2 Å². The average molecular weight is 257 g/mol. The van der Waals surface area contributed by atoms with Crippen molar-refractivity contribution in [3.8, 4) is 0 Å². The fourth-order valence-electron chi connectivity index (χ4n) is 2.14. The number of piperazine rings is 1. The number of carboxylic acid groups (broad SMARTS) is 1. The van der Waals surface area contributed by atoms with E-state index >= 15 is 0 Å². The molecule has 18 heavy (non-hydrogen) atoms. The number of carbonyl (C=O) groups excluding carboxylic acids is 1. The van der Waals surface area contributed by atoms with E-state index in [-0.39, 0.29) is 18.5 Å². The van der Waals surface area contributed by atoms with E-state index < -0.39 is 5.97 Å². The van der Waals surface area contributed by atoms with E-state index in [2.05, 4.69) is 17.3 Å². The molecule has 0 aromatic carbocycles. The number of amides is 2. The van der Waals surface area contributed by atoms with Crippen LogP contribution in [0.2, 0.25) is 0 Å². The monoisotopic (exact) mass is 257 g/mol. The Labute approximate surface area is 108 Å². The van der Waals surface area contributed by atoms with Crippen molar-refractivity contribution in [2.75, 3.05) is 33.2 Å². The Morgan fingerprint density at radius 3 is 2.67 bits per heavy atom. The van der Waals surface area contributed by atoms with E-state index in [1.807, 2.05) is 11.8 Å². The van der Waals surface area contributed by atoms with E-state index in [1.54, 1.807) is 0 Å². The van der Waals surface area contributed by atoms with Crippen molar-refractivity contribution < 1.29 is 14.7 Å². The van der Waals surface area contributed by atoms with Crippen molar-refractivity contribution in [2.24, 2.45) is 0 Å². The highest BCUT2D eigenvalue weighted by molar-refractivity contribution is 5.74. The molecule has 1 unspecified atom stereocenters. The molecule has 104 valence electrons. The zero-order valence-electron chi connectivity index (χ0n) is 11.2. The lowest BCUT2D eigenvalue weighted by Crippen LogP contribution is -2.55. The highest BCUT2D eigenvalue weighted by Crippen LogP contribution is 2.07. The first-order valence-corrected chi connectivity index (χ1v) is 6.45. The van der Waals surface area contributed by atoms with E-state index in [4.69, 9.17) is 5.11 Å². The van der Waals surface area contributed by atoms with Crippen LogP contribution in [0.15, 0.2) is 0 Å². The largest absolute Gasteiger partial charge is 0.481 e. The fourth-order valence-corrected chi connectivity index (χ4v) is 2.14. The van der Waals surface area contributed by atoms with Crippen LogP contribution >= 0.6 is 0 Å². The number of urea groups is 1. The molecule has 0 bridgehead atoms. The van der Waals surface area contributed by atoms with Crippen LogP contribution in [0, 0.1) is 0 Å². The van der Waals surface area contributed by atoms with E-state index in [0.717, 1.165) is 19.6 Å². The maximum absolute atomic E-state index is 11.9. The number of hydrogen-bond donors (Lipinski definition) is 2. The Balaban J connectivity index is 2.18. The number of carboxylic acids is 1. The minimum absolute atomic E-state index is 0.0362. The topological polar surface area (TPSA) is 72.9 Å². The molecule has 1 heterocycles. The lowest BCUT2D eigenvalue weighted by Gasteiger charge is -2.38. The number of rotatable bonds is 5. The second-order valence-corrected chi connectivity index (χ2v) is 4.89. The van der Waals surface area contributed by atoms with Crippen molar-refractivity contribution in [3.63, 3.8) is 0 Å². The van der Waals surface area contributed by atoms with Crippen LogP contribution in [0.5, 0.6) is 0 Å². The smallest absolute Gasteiger partial charge is 0.317 e. The van der Waals surface area contributed by atoms with Gasteiger partial charge in [0.05, 0.1) is 0 Å². The molecule has 6 heteroatoms. The fraction of sp³-hybridized carbons (Fsp3) is 0.833. The van der Waals surface area contributed by atoms with Gasteiger partial charge in [0, 0.05) is 38.6 Å². The maximum Gasteiger partial charge on any atom is 0.317 e. The minimum Gasteiger partial charge on any atom is -0.481 e. The molecule has 1 fully saturated rings. The van der Waals surface area contributed by atoms with Crippen LogP contribution in [-0.4, -0.2) is 66.2 Å². The van der Waals surface area contributed by atoms with Crippen LogP contribution in [0.1, 0.15) is 26.2 Å². The normalized spacial score (nSPS) is 20.8. The summed E-state index contributed by atoms with van der Waals surface area (Å²) < 4.78 is 0. The molecule has 0 aromatic rings. The van der Waals surface area contributed by atoms with Gasteiger partial charge >= 0.3 is 12.0 Å². The van der Waals surface area contributed by atoms with Crippen molar-refractivity contribution in [3.05, 3.63) is 0 Å². The number of nitrogens with one attached hydrogen (secondary N) is 1. The lowest BCUT2D eigenvalue weighted by atomic mass is 10.2. The van der Waals surface area contributed by atoms with Gasteiger partial charge in [-0.15, -0.1) is 0 Å². The van der Waals surface area contributed by atoms with Crippen LogP contribution in [0.4, 0.5) is 4.79 Å². The van der Waals surface area contributed by atoms with Gasteiger partial charge in [-0.1, -0.05) is 0 Å². The van der Waals surface area contributed by atoms with E-state index in [0.29, 0.717) is 19.4 Å². The van der Waals surface area contributed by atoms with Gasteiger partial charge in [-0.25, -0.2) is 4.79 Å². The number of likely N-dealkylation sites (N-methyl/N-ethyl adjacent to an activating group) is 1. The van der Waals surface area contributed by atoms with Crippen molar-refractivity contribution >= 4 is 12.0 Å². The molecule has 0 aromatic heterocycles. The Morgan fingerprint density at radius 2 is 2.06 bits per heavy atom. The average Bonchev–Trinajstić information content (AvgIpc) is 2.27. The zero-order chi connectivity index (χ0) is 13.5. The predicted molar refractivity (Wildman–Crippen MR) is 68.6 cm³/mol. The third kappa shape index (κ3) is 4.91. The van der Waals surface area contributed by atoms with Crippen molar-refractivity contribution in [2.45, 2.75) is 32.2 Å². The second kappa shape index (κ2) is 7.20. The molecule has 0 spiro atoms. The molecule has 0 radical (unpaired) electrons. The number of unbranched alkanes of at least 4 members (excludes halogenated alkanes) is 1. The predicted octanol–water partition coefficient (Wildman–Crippen LogP) is 0.587. The molecule has 1 rings (SSSR count). The minimum atomic E-state index is -0.783. The van der Waals surface area contributed by atoms with Crippen LogP contribution in [0.25, 0.3) is 0 Å². The summed E-state index contributed by atoms with van der Waals surface area (Å²) in [6, 6.07) is 0.189. The molecule has 1 saturated heterocycles. The van der Waals surface area contributed by atoms with Gasteiger partial charge in [0.2, 0.25) is 0 Å². The van der Waals surface area contributed by atoms with Gasteiger partial charge in [-0.05, 0) is 26.8 Å². The van der Waals surface area contributed by atoms with Gasteiger partial charge in [0.1, 0.15) is 0 Å². The summed E-state index contributed by atoms with van der Waals surface area (Å²) in [6.45, 7) is 5.13. The molecule has 2 N–H and O–H groups in total. The second-order valence-electron chi connectivity index (χ2n) is 4.89. The number of hydrogen-bond acceptors (Lipinski definition) is 3. The first-order valence-electron chi connectivity index (χ1n) is 6.45. The summed E-state index contributed by atoms with van der Waals surface area (Å²) >= 11 is 0. The maximum atomic E-state index is 11.9. The summed E-state index contributed by atoms with van der Waals surface area (Å²) in [7, 11) is 2.05. The van der Waals surface area contributed by atoms with Crippen molar-refractivity contribution in [1.82, 2.24) is 15.1 Å². The van der Waals surface area contributed by atoms with Crippen LogP contribution < -0.4 is 5.32 Å².